The van der Waals surface area contributed by atoms with Gasteiger partial charge in [-0.1, -0.05) is 6.07 Å². The highest BCUT2D eigenvalue weighted by atomic mass is 32.2. The van der Waals surface area contributed by atoms with Crippen LogP contribution >= 0.6 is 0 Å². The Bertz CT molecular complexity index is 743. The second-order valence-corrected chi connectivity index (χ2v) is 9.30. The first kappa shape index (κ1) is 17.3. The van der Waals surface area contributed by atoms with E-state index in [4.69, 9.17) is 4.74 Å². The van der Waals surface area contributed by atoms with E-state index >= 15 is 0 Å². The SMILES string of the molecule is COc1ccc2c(c1)C[C@H](C)N(C(=O)C[C@@H]1CCS(=O)(=O)C1)[C@@H]2C. The van der Waals surface area contributed by atoms with Crippen molar-refractivity contribution in [3.8, 4) is 5.75 Å². The molecule has 0 N–H and O–H groups in total. The molecule has 0 aliphatic carbocycles. The van der Waals surface area contributed by atoms with Crippen molar-refractivity contribution in [2.24, 2.45) is 5.92 Å². The molecule has 0 bridgehead atoms. The van der Waals surface area contributed by atoms with Crippen molar-refractivity contribution >= 4 is 15.7 Å². The molecule has 5 nitrogen and oxygen atoms in total. The second kappa shape index (κ2) is 6.39. The van der Waals surface area contributed by atoms with Gasteiger partial charge < -0.3 is 9.64 Å². The smallest absolute Gasteiger partial charge is 0.223 e. The van der Waals surface area contributed by atoms with Crippen molar-refractivity contribution in [3.05, 3.63) is 29.3 Å². The summed E-state index contributed by atoms with van der Waals surface area (Å²) in [4.78, 5) is 14.8. The average Bonchev–Trinajstić information content (AvgIpc) is 2.85. The van der Waals surface area contributed by atoms with Crippen LogP contribution in [-0.2, 0) is 21.1 Å². The minimum atomic E-state index is -2.94. The predicted molar refractivity (Wildman–Crippen MR) is 92.8 cm³/mol. The van der Waals surface area contributed by atoms with Crippen molar-refractivity contribution in [2.75, 3.05) is 18.6 Å². The van der Waals surface area contributed by atoms with Crippen molar-refractivity contribution < 1.29 is 17.9 Å². The molecular weight excluding hydrogens is 326 g/mol. The van der Waals surface area contributed by atoms with Gasteiger partial charge in [-0.15, -0.1) is 0 Å². The highest BCUT2D eigenvalue weighted by Crippen LogP contribution is 2.36. The number of ether oxygens (including phenoxy) is 1. The van der Waals surface area contributed by atoms with Crippen LogP contribution in [-0.4, -0.2) is 43.9 Å². The molecule has 3 atom stereocenters. The number of sulfone groups is 1. The summed E-state index contributed by atoms with van der Waals surface area (Å²) in [6.07, 6.45) is 1.74. The molecular formula is C18H25NO4S. The van der Waals surface area contributed by atoms with Gasteiger partial charge >= 0.3 is 0 Å². The van der Waals surface area contributed by atoms with Crippen LogP contribution in [0.1, 0.15) is 43.9 Å². The van der Waals surface area contributed by atoms with E-state index in [1.165, 1.54) is 5.56 Å². The predicted octanol–water partition coefficient (Wildman–Crippen LogP) is 2.35. The summed E-state index contributed by atoms with van der Waals surface area (Å²) in [7, 11) is -1.28. The minimum absolute atomic E-state index is 0.000154. The highest BCUT2D eigenvalue weighted by Gasteiger charge is 2.36. The zero-order valence-corrected chi connectivity index (χ0v) is 15.3. The molecule has 2 aliphatic heterocycles. The first-order chi connectivity index (χ1) is 11.3. The van der Waals surface area contributed by atoms with E-state index in [1.807, 2.05) is 30.0 Å². The lowest BCUT2D eigenvalue weighted by atomic mass is 9.88. The Kier molecular flexibility index (Phi) is 4.60. The summed E-state index contributed by atoms with van der Waals surface area (Å²) in [5, 5.41) is 0. The van der Waals surface area contributed by atoms with Crippen LogP contribution in [0.4, 0.5) is 0 Å². The number of fused-ring (bicyclic) bond motifs is 1. The number of rotatable bonds is 3. The summed E-state index contributed by atoms with van der Waals surface area (Å²) >= 11 is 0. The number of carbonyl (C=O) groups is 1. The Labute approximate surface area is 143 Å². The van der Waals surface area contributed by atoms with Gasteiger partial charge in [-0.3, -0.25) is 4.79 Å². The average molecular weight is 351 g/mol. The molecule has 24 heavy (non-hydrogen) atoms. The zero-order valence-electron chi connectivity index (χ0n) is 14.5. The van der Waals surface area contributed by atoms with Gasteiger partial charge in [-0.2, -0.15) is 0 Å². The van der Waals surface area contributed by atoms with Crippen molar-refractivity contribution in [3.63, 3.8) is 0 Å². The van der Waals surface area contributed by atoms with E-state index in [-0.39, 0.29) is 35.4 Å². The molecule has 132 valence electrons. The number of hydrogen-bond acceptors (Lipinski definition) is 4. The van der Waals surface area contributed by atoms with Gasteiger partial charge in [0.05, 0.1) is 24.7 Å². The Morgan fingerprint density at radius 1 is 1.33 bits per heavy atom. The van der Waals surface area contributed by atoms with Gasteiger partial charge in [-0.25, -0.2) is 8.42 Å². The summed E-state index contributed by atoms with van der Waals surface area (Å²) in [6.45, 7) is 4.10. The topological polar surface area (TPSA) is 63.7 Å². The lowest BCUT2D eigenvalue weighted by Crippen LogP contribution is -2.45. The van der Waals surface area contributed by atoms with Crippen LogP contribution in [0.15, 0.2) is 18.2 Å². The second-order valence-electron chi connectivity index (χ2n) is 7.07. The van der Waals surface area contributed by atoms with Crippen LogP contribution < -0.4 is 4.74 Å². The fourth-order valence-electron chi connectivity index (χ4n) is 4.09. The number of carbonyl (C=O) groups excluding carboxylic acids is 1. The molecule has 0 aromatic heterocycles. The first-order valence-electron chi connectivity index (χ1n) is 8.49. The molecule has 0 spiro atoms. The third kappa shape index (κ3) is 3.29. The highest BCUT2D eigenvalue weighted by molar-refractivity contribution is 7.91. The first-order valence-corrected chi connectivity index (χ1v) is 10.3. The maximum Gasteiger partial charge on any atom is 0.223 e. The van der Waals surface area contributed by atoms with Crippen LogP contribution in [0.2, 0.25) is 0 Å². The molecule has 1 fully saturated rings. The van der Waals surface area contributed by atoms with E-state index in [0.717, 1.165) is 17.7 Å². The molecule has 0 radical (unpaired) electrons. The van der Waals surface area contributed by atoms with Crippen molar-refractivity contribution in [1.29, 1.82) is 0 Å². The summed E-state index contributed by atoms with van der Waals surface area (Å²) in [6, 6.07) is 6.11. The molecule has 3 rings (SSSR count). The Morgan fingerprint density at radius 3 is 2.71 bits per heavy atom. The lowest BCUT2D eigenvalue weighted by Gasteiger charge is -2.41. The molecule has 1 aromatic carbocycles. The monoisotopic (exact) mass is 351 g/mol. The fraction of sp³-hybridized carbons (Fsp3) is 0.611. The van der Waals surface area contributed by atoms with Crippen LogP contribution in [0.5, 0.6) is 5.75 Å². The molecule has 1 aromatic rings. The Morgan fingerprint density at radius 2 is 2.08 bits per heavy atom. The zero-order chi connectivity index (χ0) is 17.5. The molecule has 2 heterocycles. The van der Waals surface area contributed by atoms with E-state index < -0.39 is 9.84 Å². The standard InChI is InChI=1S/C18H25NO4S/c1-12-8-15-10-16(23-3)4-5-17(15)13(2)19(12)18(20)9-14-6-7-24(21,22)11-14/h4-5,10,12-14H,6-9,11H2,1-3H3/t12-,13+,14-/m0/s1. The molecule has 0 saturated carbocycles. The Balaban J connectivity index is 1.77. The van der Waals surface area contributed by atoms with Crippen LogP contribution in [0.25, 0.3) is 0 Å². The lowest BCUT2D eigenvalue weighted by molar-refractivity contribution is -0.137. The summed E-state index contributed by atoms with van der Waals surface area (Å²) in [5.74, 6) is 1.25. The van der Waals surface area contributed by atoms with E-state index in [0.29, 0.717) is 12.8 Å². The van der Waals surface area contributed by atoms with E-state index in [1.54, 1.807) is 7.11 Å². The van der Waals surface area contributed by atoms with Crippen molar-refractivity contribution in [1.82, 2.24) is 4.90 Å². The van der Waals surface area contributed by atoms with Gasteiger partial charge in [0.15, 0.2) is 9.84 Å². The third-order valence-electron chi connectivity index (χ3n) is 5.29. The largest absolute Gasteiger partial charge is 0.497 e. The van der Waals surface area contributed by atoms with E-state index in [9.17, 15) is 13.2 Å². The quantitative estimate of drug-likeness (QED) is 0.839. The normalized spacial score (nSPS) is 28.5. The van der Waals surface area contributed by atoms with Crippen LogP contribution in [0, 0.1) is 5.92 Å². The summed E-state index contributed by atoms with van der Waals surface area (Å²) in [5.41, 5.74) is 2.38. The van der Waals surface area contributed by atoms with Gasteiger partial charge in [0, 0.05) is 12.5 Å². The molecule has 2 aliphatic rings. The molecule has 1 amide bonds. The number of benzene rings is 1. The van der Waals surface area contributed by atoms with Gasteiger partial charge in [-0.05, 0) is 55.9 Å². The maximum atomic E-state index is 12.8. The number of nitrogens with zero attached hydrogens (tertiary/aromatic N) is 1. The number of methoxy groups -OCH3 is 1. The molecule has 1 saturated heterocycles. The fourth-order valence-corrected chi connectivity index (χ4v) is 5.95. The minimum Gasteiger partial charge on any atom is -0.497 e. The molecule has 0 unspecified atom stereocenters. The molecule has 6 heteroatoms. The maximum absolute atomic E-state index is 12.8. The number of amides is 1. The number of hydrogen-bond donors (Lipinski definition) is 0. The Hall–Kier alpha value is -1.56. The van der Waals surface area contributed by atoms with E-state index in [2.05, 4.69) is 6.92 Å². The van der Waals surface area contributed by atoms with Crippen molar-refractivity contribution in [2.45, 2.75) is 45.2 Å². The summed E-state index contributed by atoms with van der Waals surface area (Å²) < 4.78 is 28.5. The van der Waals surface area contributed by atoms with Gasteiger partial charge in [0.25, 0.3) is 0 Å². The van der Waals surface area contributed by atoms with Gasteiger partial charge in [0.1, 0.15) is 5.75 Å². The van der Waals surface area contributed by atoms with Gasteiger partial charge in [0.2, 0.25) is 5.91 Å². The van der Waals surface area contributed by atoms with Crippen LogP contribution in [0.3, 0.4) is 0 Å². The third-order valence-corrected chi connectivity index (χ3v) is 7.12.